The fourth-order valence-electron chi connectivity index (χ4n) is 3.48. The van der Waals surface area contributed by atoms with E-state index in [0.29, 0.717) is 22.6 Å². The monoisotopic (exact) mass is 475 g/mol. The number of halogens is 1. The molecule has 172 valence electrons. The van der Waals surface area contributed by atoms with Crippen molar-refractivity contribution in [2.45, 2.75) is 6.92 Å². The predicted molar refractivity (Wildman–Crippen MR) is 136 cm³/mol. The quantitative estimate of drug-likeness (QED) is 0.365. The van der Waals surface area contributed by atoms with Gasteiger partial charge in [0.1, 0.15) is 11.5 Å². The van der Waals surface area contributed by atoms with Crippen LogP contribution in [0.3, 0.4) is 0 Å². The number of carbonyl (C=O) groups is 1. The van der Waals surface area contributed by atoms with Crippen LogP contribution >= 0.6 is 12.2 Å². The number of thiocarbonyl (C=S) groups is 1. The second-order valence-electron chi connectivity index (χ2n) is 7.53. The van der Waals surface area contributed by atoms with E-state index in [1.807, 2.05) is 30.3 Å². The maximum atomic E-state index is 13.8. The van der Waals surface area contributed by atoms with E-state index in [1.165, 1.54) is 10.7 Å². The van der Waals surface area contributed by atoms with Crippen molar-refractivity contribution in [3.05, 3.63) is 106 Å². The lowest BCUT2D eigenvalue weighted by molar-refractivity contribution is 0.102. The maximum absolute atomic E-state index is 13.8. The van der Waals surface area contributed by atoms with Crippen LogP contribution in [0, 0.1) is 12.7 Å². The summed E-state index contributed by atoms with van der Waals surface area (Å²) < 4.78 is 17.0. The van der Waals surface area contributed by atoms with Gasteiger partial charge in [-0.3, -0.25) is 14.3 Å². The molecule has 0 saturated heterocycles. The number of para-hydroxylation sites is 2. The van der Waals surface area contributed by atoms with Gasteiger partial charge in [-0.25, -0.2) is 9.07 Å². The molecule has 0 aliphatic carbocycles. The number of nitrogens with zero attached hydrogens (tertiary/aromatic N) is 2. The van der Waals surface area contributed by atoms with Crippen molar-refractivity contribution in [1.29, 1.82) is 0 Å². The molecule has 0 spiro atoms. The van der Waals surface area contributed by atoms with Crippen LogP contribution in [0.25, 0.3) is 5.69 Å². The summed E-state index contributed by atoms with van der Waals surface area (Å²) in [4.78, 5) is 26.0. The molecular formula is C25H22FN5O2S. The van der Waals surface area contributed by atoms with E-state index < -0.39 is 11.7 Å². The minimum Gasteiger partial charge on any atom is -0.332 e. The van der Waals surface area contributed by atoms with Gasteiger partial charge in [0.05, 0.1) is 17.1 Å². The van der Waals surface area contributed by atoms with Crippen LogP contribution in [0.5, 0.6) is 0 Å². The van der Waals surface area contributed by atoms with E-state index >= 15 is 0 Å². The Labute approximate surface area is 200 Å². The molecule has 1 aromatic heterocycles. The molecule has 0 aliphatic heterocycles. The van der Waals surface area contributed by atoms with Crippen LogP contribution in [-0.2, 0) is 7.05 Å². The number of rotatable bonds is 5. The minimum atomic E-state index is -0.442. The van der Waals surface area contributed by atoms with Gasteiger partial charge in [-0.05, 0) is 61.6 Å². The number of carbonyl (C=O) groups excluding carboxylic acids is 1. The number of amides is 1. The molecule has 0 saturated carbocycles. The minimum absolute atomic E-state index is 0.173. The normalized spacial score (nSPS) is 10.6. The van der Waals surface area contributed by atoms with E-state index in [2.05, 4.69) is 16.0 Å². The summed E-state index contributed by atoms with van der Waals surface area (Å²) in [5.74, 6) is -0.873. The van der Waals surface area contributed by atoms with Crippen molar-refractivity contribution in [1.82, 2.24) is 9.36 Å². The Bertz CT molecular complexity index is 1430. The summed E-state index contributed by atoms with van der Waals surface area (Å²) in [7, 11) is 1.76. The fraction of sp³-hybridized carbons (Fsp3) is 0.0800. The molecule has 4 aromatic rings. The highest BCUT2D eigenvalue weighted by molar-refractivity contribution is 7.80. The molecule has 3 aromatic carbocycles. The van der Waals surface area contributed by atoms with Crippen LogP contribution in [0.2, 0.25) is 0 Å². The molecule has 3 N–H and O–H groups in total. The third-order valence-corrected chi connectivity index (χ3v) is 5.50. The second kappa shape index (κ2) is 9.72. The molecular weight excluding hydrogens is 453 g/mol. The van der Waals surface area contributed by atoms with E-state index in [9.17, 15) is 14.0 Å². The molecule has 0 radical (unpaired) electrons. The second-order valence-corrected chi connectivity index (χ2v) is 7.94. The number of benzene rings is 3. The number of anilines is 3. The SMILES string of the molecule is Cc1c(NC(=O)c2cccc(NC(=S)Nc3ccccc3F)c2)c(=O)n(-c2ccccc2)n1C. The average molecular weight is 476 g/mol. The van der Waals surface area contributed by atoms with Gasteiger partial charge in [0.2, 0.25) is 0 Å². The standard InChI is InChI=1S/C25H22FN5O2S/c1-16-22(24(33)31(30(16)2)19-11-4-3-5-12-19)29-23(32)17-9-8-10-18(15-17)27-25(34)28-21-14-7-6-13-20(21)26/h3-15H,1-2H3,(H,29,32)(H2,27,28,34). The summed E-state index contributed by atoms with van der Waals surface area (Å²) >= 11 is 5.25. The molecule has 0 bridgehead atoms. The molecule has 4 rings (SSSR count). The predicted octanol–water partition coefficient (Wildman–Crippen LogP) is 4.68. The highest BCUT2D eigenvalue weighted by Crippen LogP contribution is 2.18. The van der Waals surface area contributed by atoms with Crippen LogP contribution in [0.4, 0.5) is 21.5 Å². The molecule has 0 atom stereocenters. The molecule has 0 unspecified atom stereocenters. The molecule has 9 heteroatoms. The zero-order valence-electron chi connectivity index (χ0n) is 18.5. The summed E-state index contributed by atoms with van der Waals surface area (Å²) in [5.41, 5.74) is 2.28. The van der Waals surface area contributed by atoms with Crippen molar-refractivity contribution in [2.24, 2.45) is 7.05 Å². The molecule has 7 nitrogen and oxygen atoms in total. The highest BCUT2D eigenvalue weighted by atomic mass is 32.1. The van der Waals surface area contributed by atoms with Crippen molar-refractivity contribution in [3.63, 3.8) is 0 Å². The third-order valence-electron chi connectivity index (χ3n) is 5.30. The topological polar surface area (TPSA) is 80.1 Å². The Balaban J connectivity index is 1.52. The fourth-order valence-corrected chi connectivity index (χ4v) is 3.71. The first kappa shape index (κ1) is 22.9. The van der Waals surface area contributed by atoms with Gasteiger partial charge in [0, 0.05) is 18.3 Å². The van der Waals surface area contributed by atoms with E-state index in [0.717, 1.165) is 0 Å². The molecule has 1 heterocycles. The van der Waals surface area contributed by atoms with Gasteiger partial charge in [0.15, 0.2) is 5.11 Å². The van der Waals surface area contributed by atoms with Gasteiger partial charge in [-0.2, -0.15) is 0 Å². The maximum Gasteiger partial charge on any atom is 0.295 e. The first-order chi connectivity index (χ1) is 16.3. The van der Waals surface area contributed by atoms with Gasteiger partial charge in [-0.1, -0.05) is 36.4 Å². The van der Waals surface area contributed by atoms with E-state index in [-0.39, 0.29) is 22.0 Å². The molecule has 34 heavy (non-hydrogen) atoms. The molecule has 0 fully saturated rings. The van der Waals surface area contributed by atoms with Crippen molar-refractivity contribution in [2.75, 3.05) is 16.0 Å². The first-order valence-corrected chi connectivity index (χ1v) is 10.8. The summed E-state index contributed by atoms with van der Waals surface area (Å²) in [6.45, 7) is 1.77. The lowest BCUT2D eigenvalue weighted by atomic mass is 10.2. The van der Waals surface area contributed by atoms with Crippen molar-refractivity contribution < 1.29 is 9.18 Å². The Morgan fingerprint density at radius 1 is 0.912 bits per heavy atom. The number of hydrogen-bond donors (Lipinski definition) is 3. The van der Waals surface area contributed by atoms with Crippen molar-refractivity contribution >= 4 is 40.3 Å². The Hall–Kier alpha value is -4.24. The largest absolute Gasteiger partial charge is 0.332 e. The van der Waals surface area contributed by atoms with Gasteiger partial charge in [0.25, 0.3) is 11.5 Å². The highest BCUT2D eigenvalue weighted by Gasteiger charge is 2.19. The van der Waals surface area contributed by atoms with Crippen LogP contribution < -0.4 is 21.5 Å². The third kappa shape index (κ3) is 4.74. The summed E-state index contributed by atoms with van der Waals surface area (Å²) in [5, 5.41) is 8.63. The van der Waals surface area contributed by atoms with Gasteiger partial charge in [-0.15, -0.1) is 0 Å². The smallest absolute Gasteiger partial charge is 0.295 e. The summed E-state index contributed by atoms with van der Waals surface area (Å²) in [6.07, 6.45) is 0. The van der Waals surface area contributed by atoms with Crippen molar-refractivity contribution in [3.8, 4) is 5.69 Å². The Morgan fingerprint density at radius 3 is 2.35 bits per heavy atom. The lowest BCUT2D eigenvalue weighted by Crippen LogP contribution is -2.23. The average Bonchev–Trinajstić information content (AvgIpc) is 3.04. The molecule has 0 aliphatic rings. The van der Waals surface area contributed by atoms with Crippen LogP contribution in [-0.4, -0.2) is 20.4 Å². The number of aromatic nitrogens is 2. The lowest BCUT2D eigenvalue weighted by Gasteiger charge is -2.12. The van der Waals surface area contributed by atoms with E-state index in [1.54, 1.807) is 61.1 Å². The van der Waals surface area contributed by atoms with E-state index in [4.69, 9.17) is 12.2 Å². The van der Waals surface area contributed by atoms with Crippen LogP contribution in [0.15, 0.2) is 83.7 Å². The summed E-state index contributed by atoms with van der Waals surface area (Å²) in [6, 6.07) is 22.0. The van der Waals surface area contributed by atoms with Crippen LogP contribution in [0.1, 0.15) is 16.1 Å². The Morgan fingerprint density at radius 2 is 1.62 bits per heavy atom. The number of nitrogens with one attached hydrogen (secondary N) is 3. The molecule has 1 amide bonds. The zero-order valence-corrected chi connectivity index (χ0v) is 19.3. The van der Waals surface area contributed by atoms with Gasteiger partial charge < -0.3 is 16.0 Å². The zero-order chi connectivity index (χ0) is 24.2. The Kier molecular flexibility index (Phi) is 6.55. The first-order valence-electron chi connectivity index (χ1n) is 10.4. The number of hydrogen-bond acceptors (Lipinski definition) is 3. The van der Waals surface area contributed by atoms with Gasteiger partial charge >= 0.3 is 0 Å².